The van der Waals surface area contributed by atoms with Crippen molar-refractivity contribution < 1.29 is 14.3 Å². The third-order valence-electron chi connectivity index (χ3n) is 2.79. The van der Waals surface area contributed by atoms with Crippen molar-refractivity contribution in [1.29, 1.82) is 0 Å². The molecule has 1 aromatic carbocycles. The van der Waals surface area contributed by atoms with Gasteiger partial charge in [0.25, 0.3) is 0 Å². The predicted molar refractivity (Wildman–Crippen MR) is 79.8 cm³/mol. The highest BCUT2D eigenvalue weighted by molar-refractivity contribution is 6.35. The molecule has 0 amide bonds. The van der Waals surface area contributed by atoms with E-state index in [9.17, 15) is 9.18 Å². The average Bonchev–Trinajstić information content (AvgIpc) is 2.42. The van der Waals surface area contributed by atoms with Crippen LogP contribution in [0.3, 0.4) is 0 Å². The Kier molecular flexibility index (Phi) is 4.98. The number of carbonyl (C=O) groups is 1. The van der Waals surface area contributed by atoms with Gasteiger partial charge in [0.2, 0.25) is 0 Å². The first-order valence-electron chi connectivity index (χ1n) is 6.04. The van der Waals surface area contributed by atoms with E-state index in [1.54, 1.807) is 18.2 Å². The fourth-order valence-corrected chi connectivity index (χ4v) is 2.29. The summed E-state index contributed by atoms with van der Waals surface area (Å²) in [4.78, 5) is 14.8. The summed E-state index contributed by atoms with van der Waals surface area (Å²) >= 11 is 11.8. The fourth-order valence-electron chi connectivity index (χ4n) is 1.78. The molecule has 0 atom stereocenters. The van der Waals surface area contributed by atoms with Crippen LogP contribution in [0, 0.1) is 5.82 Å². The van der Waals surface area contributed by atoms with Gasteiger partial charge in [-0.15, -0.1) is 0 Å². The van der Waals surface area contributed by atoms with Crippen molar-refractivity contribution in [2.75, 3.05) is 11.9 Å². The van der Waals surface area contributed by atoms with Crippen LogP contribution in [0.15, 0.2) is 30.5 Å². The molecule has 21 heavy (non-hydrogen) atoms. The largest absolute Gasteiger partial charge is 0.478 e. The molecule has 7 heteroatoms. The topological polar surface area (TPSA) is 62.2 Å². The lowest BCUT2D eigenvalue weighted by molar-refractivity contribution is 0.0697. The fraction of sp³-hybridized carbons (Fsp3) is 0.143. The summed E-state index contributed by atoms with van der Waals surface area (Å²) in [6.07, 6.45) is 1.51. The van der Waals surface area contributed by atoms with Gasteiger partial charge in [0.05, 0.1) is 6.20 Å². The van der Waals surface area contributed by atoms with E-state index in [1.165, 1.54) is 0 Å². The minimum absolute atomic E-state index is 0.119. The maximum atomic E-state index is 13.0. The molecule has 1 aromatic heterocycles. The van der Waals surface area contributed by atoms with E-state index in [2.05, 4.69) is 10.3 Å². The van der Waals surface area contributed by atoms with Crippen LogP contribution in [0.4, 0.5) is 10.2 Å². The maximum absolute atomic E-state index is 13.0. The van der Waals surface area contributed by atoms with Crippen molar-refractivity contribution in [1.82, 2.24) is 4.98 Å². The molecule has 2 rings (SSSR count). The van der Waals surface area contributed by atoms with Gasteiger partial charge in [-0.25, -0.2) is 14.2 Å². The molecule has 0 saturated heterocycles. The number of aromatic nitrogens is 1. The van der Waals surface area contributed by atoms with Crippen LogP contribution in [-0.2, 0) is 6.42 Å². The summed E-state index contributed by atoms with van der Waals surface area (Å²) in [5.74, 6) is -1.82. The zero-order chi connectivity index (χ0) is 15.4. The highest BCUT2D eigenvalue weighted by atomic mass is 35.5. The Morgan fingerprint density at radius 2 is 2.10 bits per heavy atom. The Morgan fingerprint density at radius 1 is 1.33 bits per heavy atom. The first-order valence-corrected chi connectivity index (χ1v) is 6.79. The summed E-state index contributed by atoms with van der Waals surface area (Å²) in [7, 11) is 0. The van der Waals surface area contributed by atoms with Gasteiger partial charge in [0, 0.05) is 16.6 Å². The molecule has 0 spiro atoms. The monoisotopic (exact) mass is 328 g/mol. The van der Waals surface area contributed by atoms with Gasteiger partial charge >= 0.3 is 5.97 Å². The number of hydrogen-bond acceptors (Lipinski definition) is 3. The van der Waals surface area contributed by atoms with Gasteiger partial charge < -0.3 is 10.4 Å². The van der Waals surface area contributed by atoms with Crippen LogP contribution >= 0.6 is 23.2 Å². The number of nitrogens with one attached hydrogen (secondary N) is 1. The first-order chi connectivity index (χ1) is 9.97. The molecule has 1 heterocycles. The molecule has 2 N–H and O–H groups in total. The van der Waals surface area contributed by atoms with Crippen molar-refractivity contribution in [2.24, 2.45) is 0 Å². The van der Waals surface area contributed by atoms with Crippen molar-refractivity contribution in [2.45, 2.75) is 6.42 Å². The normalized spacial score (nSPS) is 10.4. The van der Waals surface area contributed by atoms with Crippen LogP contribution < -0.4 is 5.32 Å². The van der Waals surface area contributed by atoms with E-state index >= 15 is 0 Å². The quantitative estimate of drug-likeness (QED) is 0.874. The minimum atomic E-state index is -1.24. The van der Waals surface area contributed by atoms with Gasteiger partial charge in [-0.3, -0.25) is 0 Å². The van der Waals surface area contributed by atoms with Gasteiger partial charge in [-0.2, -0.15) is 0 Å². The molecule has 0 radical (unpaired) electrons. The molecule has 0 aliphatic carbocycles. The molecule has 0 aliphatic rings. The summed E-state index contributed by atoms with van der Waals surface area (Å²) < 4.78 is 13.0. The van der Waals surface area contributed by atoms with Crippen molar-refractivity contribution >= 4 is 35.0 Å². The number of halogens is 3. The van der Waals surface area contributed by atoms with Crippen LogP contribution in [0.1, 0.15) is 15.9 Å². The molecular weight excluding hydrogens is 318 g/mol. The molecule has 0 unspecified atom stereocenters. The zero-order valence-corrected chi connectivity index (χ0v) is 12.2. The van der Waals surface area contributed by atoms with E-state index in [1.807, 2.05) is 0 Å². The summed E-state index contributed by atoms with van der Waals surface area (Å²) in [6.45, 7) is 0.403. The number of hydrogen-bond donors (Lipinski definition) is 2. The number of rotatable bonds is 5. The van der Waals surface area contributed by atoms with E-state index in [0.717, 1.165) is 17.8 Å². The second kappa shape index (κ2) is 6.74. The summed E-state index contributed by atoms with van der Waals surface area (Å²) in [5.41, 5.74) is 0.657. The lowest BCUT2D eigenvalue weighted by atomic mass is 10.1. The Morgan fingerprint density at radius 3 is 2.76 bits per heavy atom. The van der Waals surface area contributed by atoms with Gasteiger partial charge in [-0.05, 0) is 30.2 Å². The lowest BCUT2D eigenvalue weighted by Crippen LogP contribution is -2.11. The van der Waals surface area contributed by atoms with Crippen LogP contribution in [0.25, 0.3) is 0 Å². The molecule has 0 saturated carbocycles. The van der Waals surface area contributed by atoms with E-state index in [0.29, 0.717) is 23.0 Å². The molecule has 0 bridgehead atoms. The third kappa shape index (κ3) is 4.06. The highest BCUT2D eigenvalue weighted by Crippen LogP contribution is 2.21. The molecular formula is C14H11Cl2FN2O2. The molecule has 0 fully saturated rings. The van der Waals surface area contributed by atoms with Gasteiger partial charge in [-0.1, -0.05) is 29.3 Å². The smallest absolute Gasteiger partial charge is 0.339 e. The van der Waals surface area contributed by atoms with E-state index in [4.69, 9.17) is 28.3 Å². The first kappa shape index (κ1) is 15.5. The number of benzene rings is 1. The Balaban J connectivity index is 2.05. The summed E-state index contributed by atoms with van der Waals surface area (Å²) in [6, 6.07) is 6.08. The molecule has 4 nitrogen and oxygen atoms in total. The Bertz CT molecular complexity index is 680. The second-order valence-electron chi connectivity index (χ2n) is 4.27. The minimum Gasteiger partial charge on any atom is -0.478 e. The lowest BCUT2D eigenvalue weighted by Gasteiger charge is -2.09. The van der Waals surface area contributed by atoms with Crippen molar-refractivity contribution in [3.05, 3.63) is 57.5 Å². The second-order valence-corrected chi connectivity index (χ2v) is 5.11. The number of aromatic carboxylic acids is 1. The van der Waals surface area contributed by atoms with E-state index in [-0.39, 0.29) is 11.4 Å². The number of nitrogens with zero attached hydrogens (tertiary/aromatic N) is 1. The molecule has 2 aromatic rings. The van der Waals surface area contributed by atoms with Crippen LogP contribution in [0.2, 0.25) is 10.0 Å². The number of carboxylic acid groups (broad SMARTS) is 1. The Hall–Kier alpha value is -1.85. The predicted octanol–water partition coefficient (Wildman–Crippen LogP) is 3.88. The standard InChI is InChI=1S/C14H11Cl2FN2O2/c15-9-2-1-8(12(16)5-9)3-4-18-13-11(14(20)21)6-10(17)7-19-13/h1-2,5-7H,3-4H2,(H,18,19)(H,20,21). The maximum Gasteiger partial charge on any atom is 0.339 e. The summed E-state index contributed by atoms with van der Waals surface area (Å²) in [5, 5.41) is 12.9. The third-order valence-corrected chi connectivity index (χ3v) is 3.37. The number of carboxylic acids is 1. The number of pyridine rings is 1. The van der Waals surface area contributed by atoms with E-state index < -0.39 is 11.8 Å². The van der Waals surface area contributed by atoms with Crippen molar-refractivity contribution in [3.8, 4) is 0 Å². The SMILES string of the molecule is O=C(O)c1cc(F)cnc1NCCc1ccc(Cl)cc1Cl. The van der Waals surface area contributed by atoms with Crippen LogP contribution in [-0.4, -0.2) is 22.6 Å². The molecule has 110 valence electrons. The average molecular weight is 329 g/mol. The van der Waals surface area contributed by atoms with Crippen LogP contribution in [0.5, 0.6) is 0 Å². The number of anilines is 1. The molecule has 0 aliphatic heterocycles. The zero-order valence-electron chi connectivity index (χ0n) is 10.7. The Labute approximate surface area is 130 Å². The van der Waals surface area contributed by atoms with Gasteiger partial charge in [0.1, 0.15) is 17.2 Å². The van der Waals surface area contributed by atoms with Gasteiger partial charge in [0.15, 0.2) is 0 Å². The van der Waals surface area contributed by atoms with Crippen molar-refractivity contribution in [3.63, 3.8) is 0 Å². The highest BCUT2D eigenvalue weighted by Gasteiger charge is 2.12.